The number of benzene rings is 1. The van der Waals surface area contributed by atoms with Crippen LogP contribution < -0.4 is 0 Å². The molecular weight excluding hydrogens is 136 g/mol. The fourth-order valence-electron chi connectivity index (χ4n) is 2.07. The summed E-state index contributed by atoms with van der Waals surface area (Å²) in [6, 6.07) is 8.00. The number of hydrogen-bond donors (Lipinski definition) is 0. The van der Waals surface area contributed by atoms with Crippen LogP contribution in [0.2, 0.25) is 0 Å². The van der Waals surface area contributed by atoms with Gasteiger partial charge < -0.3 is 0 Å². The van der Waals surface area contributed by atoms with E-state index in [0.717, 1.165) is 12.0 Å². The van der Waals surface area contributed by atoms with E-state index < -0.39 is 0 Å². The van der Waals surface area contributed by atoms with Gasteiger partial charge >= 0.3 is 0 Å². The van der Waals surface area contributed by atoms with Crippen LogP contribution in [0.25, 0.3) is 0 Å². The minimum Gasteiger partial charge on any atom is -0.294 e. The maximum atomic E-state index is 11.4. The van der Waals surface area contributed by atoms with Gasteiger partial charge in [-0.2, -0.15) is 0 Å². The van der Waals surface area contributed by atoms with Gasteiger partial charge in [0.2, 0.25) is 0 Å². The summed E-state index contributed by atoms with van der Waals surface area (Å²) in [5.74, 6) is 1.34. The van der Waals surface area contributed by atoms with E-state index in [1.165, 1.54) is 5.56 Å². The SMILES string of the molecule is O=C1c2ccccc2[C@@H]2C[C@H]12. The molecule has 0 N–H and O–H groups in total. The van der Waals surface area contributed by atoms with Crippen molar-refractivity contribution in [1.82, 2.24) is 0 Å². The fourth-order valence-corrected chi connectivity index (χ4v) is 2.07. The van der Waals surface area contributed by atoms with Gasteiger partial charge in [0.25, 0.3) is 0 Å². The molecule has 0 saturated heterocycles. The summed E-state index contributed by atoms with van der Waals surface area (Å²) in [7, 11) is 0. The molecule has 3 rings (SSSR count). The molecule has 0 radical (unpaired) electrons. The van der Waals surface area contributed by atoms with Gasteiger partial charge in [0.15, 0.2) is 5.78 Å². The van der Waals surface area contributed by atoms with Gasteiger partial charge in [0.05, 0.1) is 0 Å². The Labute approximate surface area is 65.0 Å². The summed E-state index contributed by atoms with van der Waals surface area (Å²) < 4.78 is 0. The average molecular weight is 144 g/mol. The number of Topliss-reactive ketones (excluding diaryl/α,β-unsaturated/α-hetero) is 1. The molecule has 2 atom stereocenters. The van der Waals surface area contributed by atoms with Gasteiger partial charge in [-0.15, -0.1) is 0 Å². The molecule has 0 heterocycles. The fraction of sp³-hybridized carbons (Fsp3) is 0.300. The Morgan fingerprint density at radius 3 is 2.82 bits per heavy atom. The van der Waals surface area contributed by atoms with E-state index in [2.05, 4.69) is 6.07 Å². The van der Waals surface area contributed by atoms with Crippen LogP contribution in [0, 0.1) is 5.92 Å². The van der Waals surface area contributed by atoms with Crippen molar-refractivity contribution in [3.63, 3.8) is 0 Å². The highest BCUT2D eigenvalue weighted by Crippen LogP contribution is 2.55. The number of carbonyl (C=O) groups is 1. The van der Waals surface area contributed by atoms with Crippen LogP contribution in [0.15, 0.2) is 24.3 Å². The zero-order valence-corrected chi connectivity index (χ0v) is 6.08. The second-order valence-electron chi connectivity index (χ2n) is 3.40. The third kappa shape index (κ3) is 0.543. The maximum Gasteiger partial charge on any atom is 0.166 e. The summed E-state index contributed by atoms with van der Waals surface area (Å²) in [4.78, 5) is 11.4. The molecule has 0 unspecified atom stereocenters. The Bertz CT molecular complexity index is 340. The molecule has 0 spiro atoms. The van der Waals surface area contributed by atoms with Crippen LogP contribution in [-0.4, -0.2) is 5.78 Å². The van der Waals surface area contributed by atoms with Crippen LogP contribution in [0.5, 0.6) is 0 Å². The van der Waals surface area contributed by atoms with Crippen molar-refractivity contribution in [3.8, 4) is 0 Å². The molecule has 0 amide bonds. The van der Waals surface area contributed by atoms with Crippen molar-refractivity contribution in [2.45, 2.75) is 12.3 Å². The van der Waals surface area contributed by atoms with Crippen molar-refractivity contribution in [2.24, 2.45) is 5.92 Å². The summed E-state index contributed by atoms with van der Waals surface area (Å²) in [6.45, 7) is 0. The van der Waals surface area contributed by atoms with E-state index in [0.29, 0.717) is 17.6 Å². The lowest BCUT2D eigenvalue weighted by atomic mass is 10.1. The van der Waals surface area contributed by atoms with Gasteiger partial charge in [0.1, 0.15) is 0 Å². The van der Waals surface area contributed by atoms with Crippen LogP contribution in [0.3, 0.4) is 0 Å². The second-order valence-corrected chi connectivity index (χ2v) is 3.40. The number of ketones is 1. The van der Waals surface area contributed by atoms with E-state index in [-0.39, 0.29) is 0 Å². The standard InChI is InChI=1S/C10H8O/c11-10-7-4-2-1-3-6(7)8-5-9(8)10/h1-4,8-9H,5H2/t8-,9-/m0/s1. The highest BCUT2D eigenvalue weighted by molar-refractivity contribution is 6.05. The van der Waals surface area contributed by atoms with E-state index >= 15 is 0 Å². The molecule has 0 bridgehead atoms. The summed E-state index contributed by atoms with van der Waals surface area (Å²) in [5, 5.41) is 0. The normalized spacial score (nSPS) is 31.5. The van der Waals surface area contributed by atoms with E-state index in [1.807, 2.05) is 18.2 Å². The summed E-state index contributed by atoms with van der Waals surface area (Å²) >= 11 is 0. The van der Waals surface area contributed by atoms with Gasteiger partial charge in [0, 0.05) is 11.5 Å². The average Bonchev–Trinajstić information content (AvgIpc) is 2.78. The van der Waals surface area contributed by atoms with E-state index in [4.69, 9.17) is 0 Å². The molecule has 2 aliphatic carbocycles. The molecular formula is C10H8O. The Hall–Kier alpha value is -1.11. The predicted molar refractivity (Wildman–Crippen MR) is 41.6 cm³/mol. The molecule has 1 nitrogen and oxygen atoms in total. The molecule has 1 aromatic carbocycles. The smallest absolute Gasteiger partial charge is 0.166 e. The topological polar surface area (TPSA) is 17.1 Å². The third-order valence-electron chi connectivity index (χ3n) is 2.75. The lowest BCUT2D eigenvalue weighted by molar-refractivity contribution is 0.0974. The lowest BCUT2D eigenvalue weighted by Crippen LogP contribution is -1.96. The summed E-state index contributed by atoms with van der Waals surface area (Å²) in [5.41, 5.74) is 2.27. The predicted octanol–water partition coefficient (Wildman–Crippen LogP) is 1.99. The van der Waals surface area contributed by atoms with Crippen LogP contribution in [-0.2, 0) is 0 Å². The van der Waals surface area contributed by atoms with Crippen molar-refractivity contribution >= 4 is 5.78 Å². The molecule has 0 aliphatic heterocycles. The third-order valence-corrected chi connectivity index (χ3v) is 2.75. The van der Waals surface area contributed by atoms with Gasteiger partial charge in [-0.1, -0.05) is 24.3 Å². The molecule has 2 aliphatic rings. The Kier molecular flexibility index (Phi) is 0.780. The zero-order chi connectivity index (χ0) is 7.42. The van der Waals surface area contributed by atoms with E-state index in [9.17, 15) is 4.79 Å². The maximum absolute atomic E-state index is 11.4. The highest BCUT2D eigenvalue weighted by atomic mass is 16.1. The highest BCUT2D eigenvalue weighted by Gasteiger charge is 2.51. The first-order valence-electron chi connectivity index (χ1n) is 4.01. The Morgan fingerprint density at radius 1 is 1.18 bits per heavy atom. The first-order valence-corrected chi connectivity index (χ1v) is 4.01. The molecule has 1 saturated carbocycles. The van der Waals surface area contributed by atoms with Crippen molar-refractivity contribution < 1.29 is 4.79 Å². The van der Waals surface area contributed by atoms with Crippen LogP contribution in [0.4, 0.5) is 0 Å². The zero-order valence-electron chi connectivity index (χ0n) is 6.08. The molecule has 1 aromatic rings. The number of fused-ring (bicyclic) bond motifs is 3. The van der Waals surface area contributed by atoms with Gasteiger partial charge in [-0.05, 0) is 17.9 Å². The molecule has 11 heavy (non-hydrogen) atoms. The van der Waals surface area contributed by atoms with E-state index in [1.54, 1.807) is 0 Å². The summed E-state index contributed by atoms with van der Waals surface area (Å²) in [6.07, 6.45) is 1.11. The minimum absolute atomic E-state index is 0.368. The number of rotatable bonds is 0. The molecule has 0 aromatic heterocycles. The molecule has 1 heteroatoms. The number of carbonyl (C=O) groups excluding carboxylic acids is 1. The second kappa shape index (κ2) is 1.55. The largest absolute Gasteiger partial charge is 0.294 e. The van der Waals surface area contributed by atoms with Crippen molar-refractivity contribution in [3.05, 3.63) is 35.4 Å². The molecule has 1 fully saturated rings. The Balaban J connectivity index is 2.29. The Morgan fingerprint density at radius 2 is 2.00 bits per heavy atom. The molecule has 54 valence electrons. The minimum atomic E-state index is 0.368. The number of hydrogen-bond acceptors (Lipinski definition) is 1. The lowest BCUT2D eigenvalue weighted by Gasteiger charge is -1.97. The van der Waals surface area contributed by atoms with Crippen molar-refractivity contribution in [2.75, 3.05) is 0 Å². The van der Waals surface area contributed by atoms with Gasteiger partial charge in [-0.25, -0.2) is 0 Å². The first kappa shape index (κ1) is 5.53. The quantitative estimate of drug-likeness (QED) is 0.544. The van der Waals surface area contributed by atoms with Crippen molar-refractivity contribution in [1.29, 1.82) is 0 Å². The van der Waals surface area contributed by atoms with Gasteiger partial charge in [-0.3, -0.25) is 4.79 Å². The monoisotopic (exact) mass is 144 g/mol. The van der Waals surface area contributed by atoms with Crippen LogP contribution >= 0.6 is 0 Å². The first-order chi connectivity index (χ1) is 5.38. The van der Waals surface area contributed by atoms with Crippen LogP contribution in [0.1, 0.15) is 28.3 Å².